The number of hydrogen-bond acceptors (Lipinski definition) is 5. The summed E-state index contributed by atoms with van der Waals surface area (Å²) in [5.74, 6) is 2.71. The average molecular weight is 471 g/mol. The molecule has 0 saturated heterocycles. The van der Waals surface area contributed by atoms with Gasteiger partial charge in [0, 0.05) is 17.5 Å². The zero-order valence-electron chi connectivity index (χ0n) is 20.7. The molecular weight excluding hydrogens is 436 g/mol. The van der Waals surface area contributed by atoms with Gasteiger partial charge in [0.1, 0.15) is 17.2 Å². The molecule has 0 aliphatic carbocycles. The Morgan fingerprint density at radius 2 is 1.60 bits per heavy atom. The zero-order valence-corrected chi connectivity index (χ0v) is 20.7. The fourth-order valence-electron chi connectivity index (χ4n) is 4.79. The van der Waals surface area contributed by atoms with Gasteiger partial charge in [0.25, 0.3) is 0 Å². The summed E-state index contributed by atoms with van der Waals surface area (Å²) in [7, 11) is 0. The van der Waals surface area contributed by atoms with Gasteiger partial charge in [-0.1, -0.05) is 44.4 Å². The number of rotatable bonds is 10. The van der Waals surface area contributed by atoms with E-state index in [-0.39, 0.29) is 12.3 Å². The van der Waals surface area contributed by atoms with E-state index >= 15 is 0 Å². The van der Waals surface area contributed by atoms with E-state index in [0.29, 0.717) is 6.61 Å². The molecule has 2 unspecified atom stereocenters. The molecule has 0 radical (unpaired) electrons. The number of benzene rings is 3. The van der Waals surface area contributed by atoms with E-state index in [1.807, 2.05) is 37.3 Å². The summed E-state index contributed by atoms with van der Waals surface area (Å²) in [5.41, 5.74) is 4.43. The van der Waals surface area contributed by atoms with Crippen LogP contribution >= 0.6 is 0 Å². The molecule has 0 N–H and O–H groups in total. The first-order valence-corrected chi connectivity index (χ1v) is 12.8. The van der Waals surface area contributed by atoms with E-state index in [0.717, 1.165) is 53.5 Å². The number of ether oxygens (including phenoxy) is 3. The van der Waals surface area contributed by atoms with Crippen LogP contribution < -0.4 is 14.2 Å². The van der Waals surface area contributed by atoms with Crippen molar-refractivity contribution < 1.29 is 14.2 Å². The third kappa shape index (κ3) is 5.14. The van der Waals surface area contributed by atoms with Crippen LogP contribution in [0.2, 0.25) is 0 Å². The van der Waals surface area contributed by atoms with Crippen molar-refractivity contribution in [2.75, 3.05) is 13.2 Å². The van der Waals surface area contributed by atoms with Gasteiger partial charge in [-0.15, -0.1) is 0 Å². The maximum absolute atomic E-state index is 6.49. The van der Waals surface area contributed by atoms with E-state index < -0.39 is 0 Å². The Balaban J connectivity index is 1.36. The molecule has 0 amide bonds. The summed E-state index contributed by atoms with van der Waals surface area (Å²) >= 11 is 0. The van der Waals surface area contributed by atoms with Crippen molar-refractivity contribution in [1.82, 2.24) is 5.01 Å². The fourth-order valence-corrected chi connectivity index (χ4v) is 4.79. The minimum Gasteiger partial charge on any atom is -0.494 e. The molecule has 0 aromatic heterocycles. The third-order valence-corrected chi connectivity index (χ3v) is 6.63. The molecule has 182 valence electrons. The first-order valence-electron chi connectivity index (χ1n) is 12.8. The minimum atomic E-state index is -0.284. The molecule has 3 aromatic rings. The van der Waals surface area contributed by atoms with Crippen molar-refractivity contribution in [1.29, 1.82) is 0 Å². The predicted molar refractivity (Wildman–Crippen MR) is 139 cm³/mol. The van der Waals surface area contributed by atoms with Crippen molar-refractivity contribution in [2.45, 2.75) is 58.2 Å². The Kier molecular flexibility index (Phi) is 7.22. The summed E-state index contributed by atoms with van der Waals surface area (Å²) in [5, 5.41) is 7.19. The van der Waals surface area contributed by atoms with Crippen molar-refractivity contribution in [2.24, 2.45) is 5.10 Å². The van der Waals surface area contributed by atoms with Crippen LogP contribution in [0.25, 0.3) is 0 Å². The highest BCUT2D eigenvalue weighted by Gasteiger charge is 2.40. The summed E-state index contributed by atoms with van der Waals surface area (Å²) in [6.07, 6.45) is 5.36. The molecule has 2 aliphatic rings. The fraction of sp³-hybridized carbons (Fsp3) is 0.367. The lowest BCUT2D eigenvalue weighted by Crippen LogP contribution is -2.33. The molecule has 0 spiro atoms. The highest BCUT2D eigenvalue weighted by molar-refractivity contribution is 6.02. The summed E-state index contributed by atoms with van der Waals surface area (Å²) in [6, 6.07) is 25.0. The second-order valence-electron chi connectivity index (χ2n) is 9.09. The number of nitrogens with zero attached hydrogens (tertiary/aromatic N) is 2. The molecule has 5 heteroatoms. The highest BCUT2D eigenvalue weighted by atomic mass is 16.5. The Morgan fingerprint density at radius 1 is 0.857 bits per heavy atom. The van der Waals surface area contributed by atoms with Crippen LogP contribution in [0.3, 0.4) is 0 Å². The molecular formula is C30H34N2O3. The van der Waals surface area contributed by atoms with E-state index in [2.05, 4.69) is 54.4 Å². The van der Waals surface area contributed by atoms with Crippen molar-refractivity contribution in [3.63, 3.8) is 0 Å². The van der Waals surface area contributed by atoms with Gasteiger partial charge in [0.05, 0.1) is 25.0 Å². The zero-order chi connectivity index (χ0) is 24.0. The SMILES string of the molecule is CCCCCCOc1ccc(C2Oc3ccccc3C3CC(c4ccc(OCC)cc4)=NN32)cc1. The van der Waals surface area contributed by atoms with E-state index in [9.17, 15) is 0 Å². The third-order valence-electron chi connectivity index (χ3n) is 6.63. The van der Waals surface area contributed by atoms with E-state index in [1.54, 1.807) is 0 Å². The first kappa shape index (κ1) is 23.3. The molecule has 2 atom stereocenters. The monoisotopic (exact) mass is 470 g/mol. The van der Waals surface area contributed by atoms with Gasteiger partial charge in [-0.25, -0.2) is 5.01 Å². The van der Waals surface area contributed by atoms with E-state index in [1.165, 1.54) is 24.8 Å². The number of hydrazone groups is 1. The van der Waals surface area contributed by atoms with Crippen LogP contribution in [0.15, 0.2) is 77.9 Å². The smallest absolute Gasteiger partial charge is 0.213 e. The van der Waals surface area contributed by atoms with Gasteiger partial charge < -0.3 is 14.2 Å². The maximum Gasteiger partial charge on any atom is 0.213 e. The minimum absolute atomic E-state index is 0.140. The molecule has 0 fully saturated rings. The summed E-state index contributed by atoms with van der Waals surface area (Å²) < 4.78 is 18.0. The van der Waals surface area contributed by atoms with Gasteiger partial charge in [-0.2, -0.15) is 5.10 Å². The second kappa shape index (κ2) is 10.9. The normalized spacial score (nSPS) is 18.3. The Hall–Kier alpha value is -3.47. The van der Waals surface area contributed by atoms with Gasteiger partial charge >= 0.3 is 0 Å². The van der Waals surface area contributed by atoms with Crippen molar-refractivity contribution >= 4 is 5.71 Å². The van der Waals surface area contributed by atoms with Crippen molar-refractivity contribution in [3.05, 3.63) is 89.5 Å². The Morgan fingerprint density at radius 3 is 2.37 bits per heavy atom. The van der Waals surface area contributed by atoms with Crippen LogP contribution in [-0.2, 0) is 0 Å². The van der Waals surface area contributed by atoms with Crippen LogP contribution in [0, 0.1) is 0 Å². The summed E-state index contributed by atoms with van der Waals surface area (Å²) in [4.78, 5) is 0. The molecule has 5 rings (SSSR count). The van der Waals surface area contributed by atoms with E-state index in [4.69, 9.17) is 19.3 Å². The molecule has 3 aromatic carbocycles. The number of hydrogen-bond donors (Lipinski definition) is 0. The largest absolute Gasteiger partial charge is 0.494 e. The van der Waals surface area contributed by atoms with Crippen LogP contribution in [0.5, 0.6) is 17.2 Å². The molecule has 0 saturated carbocycles. The molecule has 2 heterocycles. The van der Waals surface area contributed by atoms with Gasteiger partial charge in [-0.3, -0.25) is 0 Å². The predicted octanol–water partition coefficient (Wildman–Crippen LogP) is 7.29. The lowest BCUT2D eigenvalue weighted by molar-refractivity contribution is -0.0190. The van der Waals surface area contributed by atoms with Crippen LogP contribution in [-0.4, -0.2) is 23.9 Å². The number of unbranched alkanes of at least 4 members (excludes halogenated alkanes) is 3. The number of para-hydroxylation sites is 1. The summed E-state index contributed by atoms with van der Waals surface area (Å²) in [6.45, 7) is 5.64. The average Bonchev–Trinajstić information content (AvgIpc) is 3.35. The Labute approximate surface area is 208 Å². The van der Waals surface area contributed by atoms with Gasteiger partial charge in [0.15, 0.2) is 0 Å². The lowest BCUT2D eigenvalue weighted by Gasteiger charge is -2.38. The maximum atomic E-state index is 6.49. The molecule has 5 nitrogen and oxygen atoms in total. The van der Waals surface area contributed by atoms with Crippen LogP contribution in [0.1, 0.15) is 74.9 Å². The first-order chi connectivity index (χ1) is 17.3. The molecule has 2 aliphatic heterocycles. The topological polar surface area (TPSA) is 43.3 Å². The number of fused-ring (bicyclic) bond motifs is 3. The molecule has 0 bridgehead atoms. The van der Waals surface area contributed by atoms with Gasteiger partial charge in [-0.05, 0) is 73.5 Å². The second-order valence-corrected chi connectivity index (χ2v) is 9.09. The van der Waals surface area contributed by atoms with Crippen LogP contribution in [0.4, 0.5) is 0 Å². The van der Waals surface area contributed by atoms with Gasteiger partial charge in [0.2, 0.25) is 6.23 Å². The lowest BCUT2D eigenvalue weighted by atomic mass is 9.96. The Bertz CT molecular complexity index is 1140. The quantitative estimate of drug-likeness (QED) is 0.292. The van der Waals surface area contributed by atoms with Crippen molar-refractivity contribution in [3.8, 4) is 17.2 Å². The highest BCUT2D eigenvalue weighted by Crippen LogP contribution is 2.47. The molecule has 35 heavy (non-hydrogen) atoms. The standard InChI is InChI=1S/C30H34N2O3/c1-3-5-6-9-20-34-25-18-14-23(15-19-25)30-32-28(26-10-7-8-11-29(26)35-30)21-27(31-32)22-12-16-24(17-13-22)33-4-2/h7-8,10-19,28,30H,3-6,9,20-21H2,1-2H3.